The maximum absolute atomic E-state index is 12.1. The highest BCUT2D eigenvalue weighted by Crippen LogP contribution is 2.27. The lowest BCUT2D eigenvalue weighted by Gasteiger charge is -2.17. The zero-order chi connectivity index (χ0) is 17.3. The molecule has 0 amide bonds. The van der Waals surface area contributed by atoms with E-state index >= 15 is 0 Å². The van der Waals surface area contributed by atoms with Gasteiger partial charge in [-0.3, -0.25) is 9.36 Å². The summed E-state index contributed by atoms with van der Waals surface area (Å²) in [6, 6.07) is 7.58. The molecule has 24 heavy (non-hydrogen) atoms. The lowest BCUT2D eigenvalue weighted by Crippen LogP contribution is -2.17. The number of fused-ring (bicyclic) bond motifs is 1. The average molecular weight is 344 g/mol. The highest BCUT2D eigenvalue weighted by Gasteiger charge is 2.17. The van der Waals surface area contributed by atoms with Crippen LogP contribution in [0.2, 0.25) is 0 Å². The van der Waals surface area contributed by atoms with Crippen LogP contribution in [0.15, 0.2) is 34.2 Å². The minimum absolute atomic E-state index is 0.115. The van der Waals surface area contributed by atoms with Crippen LogP contribution in [0, 0.1) is 0 Å². The summed E-state index contributed by atoms with van der Waals surface area (Å²) in [7, 11) is 3.89. The van der Waals surface area contributed by atoms with Gasteiger partial charge in [0.15, 0.2) is 5.16 Å². The quantitative estimate of drug-likeness (QED) is 0.716. The summed E-state index contributed by atoms with van der Waals surface area (Å²) in [5, 5.41) is 9.93. The molecule has 2 aromatic heterocycles. The van der Waals surface area contributed by atoms with E-state index < -0.39 is 0 Å². The van der Waals surface area contributed by atoms with E-state index in [0.717, 1.165) is 11.1 Å². The van der Waals surface area contributed by atoms with Gasteiger partial charge in [0.2, 0.25) is 5.95 Å². The minimum Gasteiger partial charge on any atom is -0.347 e. The molecule has 1 N–H and O–H groups in total. The number of hydrogen-bond acceptors (Lipinski definition) is 6. The number of aromatic amines is 1. The topological polar surface area (TPSA) is 79.7 Å². The largest absolute Gasteiger partial charge is 0.347 e. The molecular weight excluding hydrogens is 324 g/mol. The summed E-state index contributed by atoms with van der Waals surface area (Å²) in [4.78, 5) is 21.4. The summed E-state index contributed by atoms with van der Waals surface area (Å²) in [6.45, 7) is 4.19. The van der Waals surface area contributed by atoms with Gasteiger partial charge in [-0.1, -0.05) is 23.9 Å². The molecule has 126 valence electrons. The molecule has 0 spiro atoms. The molecule has 7 nitrogen and oxygen atoms in total. The number of aromatic nitrogens is 5. The van der Waals surface area contributed by atoms with E-state index in [4.69, 9.17) is 0 Å². The number of para-hydroxylation sites is 1. The van der Waals surface area contributed by atoms with E-state index in [2.05, 4.69) is 38.6 Å². The molecule has 3 aromatic rings. The Hall–Kier alpha value is -2.35. The summed E-state index contributed by atoms with van der Waals surface area (Å²) in [5.74, 6) is 1.97. The summed E-state index contributed by atoms with van der Waals surface area (Å²) in [6.07, 6.45) is 0. The summed E-state index contributed by atoms with van der Waals surface area (Å²) < 4.78 is 2.07. The van der Waals surface area contributed by atoms with Gasteiger partial charge in [0.05, 0.1) is 16.7 Å². The first-order valence-electron chi connectivity index (χ1n) is 7.70. The van der Waals surface area contributed by atoms with E-state index in [-0.39, 0.29) is 11.6 Å². The SMILES string of the molecule is CC(C)n1c(SCc2nc3ccccc3c(=O)[nH]2)nnc1N(C)C. The van der Waals surface area contributed by atoms with Crippen LogP contribution in [0.25, 0.3) is 10.9 Å². The molecule has 2 heterocycles. The van der Waals surface area contributed by atoms with Crippen molar-refractivity contribution < 1.29 is 0 Å². The predicted molar refractivity (Wildman–Crippen MR) is 96.7 cm³/mol. The third-order valence-electron chi connectivity index (χ3n) is 3.56. The van der Waals surface area contributed by atoms with E-state index in [0.29, 0.717) is 22.5 Å². The first-order valence-corrected chi connectivity index (χ1v) is 8.69. The average Bonchev–Trinajstić information content (AvgIpc) is 2.97. The van der Waals surface area contributed by atoms with Gasteiger partial charge in [-0.25, -0.2) is 4.98 Å². The van der Waals surface area contributed by atoms with Gasteiger partial charge in [-0.2, -0.15) is 0 Å². The highest BCUT2D eigenvalue weighted by atomic mass is 32.2. The Morgan fingerprint density at radius 1 is 1.25 bits per heavy atom. The standard InChI is InChI=1S/C16H20N6OS/c1-10(2)22-15(21(3)4)19-20-16(22)24-9-13-17-12-8-6-5-7-11(12)14(23)18-13/h5-8,10H,9H2,1-4H3,(H,17,18,23). The Morgan fingerprint density at radius 2 is 2.00 bits per heavy atom. The number of nitrogens with zero attached hydrogens (tertiary/aromatic N) is 5. The molecule has 1 aromatic carbocycles. The Morgan fingerprint density at radius 3 is 2.71 bits per heavy atom. The van der Waals surface area contributed by atoms with E-state index in [1.165, 1.54) is 11.8 Å². The van der Waals surface area contributed by atoms with Crippen molar-refractivity contribution in [3.8, 4) is 0 Å². The molecule has 0 aliphatic rings. The maximum atomic E-state index is 12.1. The van der Waals surface area contributed by atoms with Gasteiger partial charge >= 0.3 is 0 Å². The van der Waals surface area contributed by atoms with Gasteiger partial charge in [0, 0.05) is 20.1 Å². The van der Waals surface area contributed by atoms with Gasteiger partial charge in [-0.15, -0.1) is 10.2 Å². The lowest BCUT2D eigenvalue weighted by molar-refractivity contribution is 0.549. The summed E-state index contributed by atoms with van der Waals surface area (Å²) >= 11 is 1.51. The zero-order valence-corrected chi connectivity index (χ0v) is 15.0. The Labute approximate surface area is 144 Å². The van der Waals surface area contributed by atoms with Gasteiger partial charge in [0.1, 0.15) is 5.82 Å². The number of rotatable bonds is 5. The van der Waals surface area contributed by atoms with Crippen LogP contribution in [-0.4, -0.2) is 38.8 Å². The van der Waals surface area contributed by atoms with E-state index in [1.807, 2.05) is 37.2 Å². The van der Waals surface area contributed by atoms with Crippen LogP contribution in [0.5, 0.6) is 0 Å². The van der Waals surface area contributed by atoms with Crippen LogP contribution in [-0.2, 0) is 5.75 Å². The fourth-order valence-corrected chi connectivity index (χ4v) is 3.39. The van der Waals surface area contributed by atoms with Crippen molar-refractivity contribution in [2.75, 3.05) is 19.0 Å². The molecule has 0 saturated heterocycles. The molecule has 0 saturated carbocycles. The number of benzene rings is 1. The third-order valence-corrected chi connectivity index (χ3v) is 4.52. The van der Waals surface area contributed by atoms with Crippen LogP contribution < -0.4 is 10.5 Å². The molecule has 0 atom stereocenters. The number of hydrogen-bond donors (Lipinski definition) is 1. The third kappa shape index (κ3) is 3.14. The summed E-state index contributed by atoms with van der Waals surface area (Å²) in [5.41, 5.74) is 0.590. The molecule has 0 bridgehead atoms. The molecular formula is C16H20N6OS. The van der Waals surface area contributed by atoms with Crippen molar-refractivity contribution in [1.29, 1.82) is 0 Å². The van der Waals surface area contributed by atoms with E-state index in [1.54, 1.807) is 6.07 Å². The number of nitrogens with one attached hydrogen (secondary N) is 1. The molecule has 0 radical (unpaired) electrons. The Kier molecular flexibility index (Phi) is 4.57. The molecule has 3 rings (SSSR count). The number of anilines is 1. The highest BCUT2D eigenvalue weighted by molar-refractivity contribution is 7.98. The second kappa shape index (κ2) is 6.64. The van der Waals surface area contributed by atoms with Crippen molar-refractivity contribution in [3.05, 3.63) is 40.4 Å². The maximum Gasteiger partial charge on any atom is 0.258 e. The van der Waals surface area contributed by atoms with Gasteiger partial charge < -0.3 is 9.88 Å². The molecule has 0 fully saturated rings. The lowest BCUT2D eigenvalue weighted by atomic mass is 10.2. The monoisotopic (exact) mass is 344 g/mol. The fourth-order valence-electron chi connectivity index (χ4n) is 2.46. The minimum atomic E-state index is -0.115. The van der Waals surface area contributed by atoms with Gasteiger partial charge in [0.25, 0.3) is 5.56 Å². The Bertz CT molecular complexity index is 914. The van der Waals surface area contributed by atoms with Crippen molar-refractivity contribution >= 4 is 28.6 Å². The van der Waals surface area contributed by atoms with Gasteiger partial charge in [-0.05, 0) is 26.0 Å². The first kappa shape index (κ1) is 16.5. The van der Waals surface area contributed by atoms with Crippen molar-refractivity contribution in [3.63, 3.8) is 0 Å². The number of H-pyrrole nitrogens is 1. The first-order chi connectivity index (χ1) is 11.5. The zero-order valence-electron chi connectivity index (χ0n) is 14.1. The fraction of sp³-hybridized carbons (Fsp3) is 0.375. The van der Waals surface area contributed by atoms with Crippen LogP contribution in [0.3, 0.4) is 0 Å². The molecule has 0 unspecified atom stereocenters. The normalized spacial score (nSPS) is 11.4. The predicted octanol–water partition coefficient (Wildman–Crippen LogP) is 2.45. The van der Waals surface area contributed by atoms with Crippen molar-refractivity contribution in [2.45, 2.75) is 30.8 Å². The molecule has 0 aliphatic carbocycles. The van der Waals surface area contributed by atoms with Crippen LogP contribution >= 0.6 is 11.8 Å². The van der Waals surface area contributed by atoms with Crippen LogP contribution in [0.1, 0.15) is 25.7 Å². The second-order valence-corrected chi connectivity index (χ2v) is 6.90. The van der Waals surface area contributed by atoms with Crippen molar-refractivity contribution in [1.82, 2.24) is 24.7 Å². The molecule has 0 aliphatic heterocycles. The van der Waals surface area contributed by atoms with Crippen molar-refractivity contribution in [2.24, 2.45) is 0 Å². The number of thioether (sulfide) groups is 1. The van der Waals surface area contributed by atoms with Crippen LogP contribution in [0.4, 0.5) is 5.95 Å². The Balaban J connectivity index is 1.88. The van der Waals surface area contributed by atoms with E-state index in [9.17, 15) is 4.79 Å². The molecule has 8 heteroatoms. The smallest absolute Gasteiger partial charge is 0.258 e. The second-order valence-electron chi connectivity index (χ2n) is 5.96.